The molecule has 3 atom stereocenters. The normalized spacial score (nSPS) is 34.2. The van der Waals surface area contributed by atoms with Crippen molar-refractivity contribution < 1.29 is 0 Å². The zero-order valence-corrected chi connectivity index (χ0v) is 11.5. The van der Waals surface area contributed by atoms with Gasteiger partial charge in [0.25, 0.3) is 0 Å². The number of fused-ring (bicyclic) bond motifs is 3. The number of hydrogen-bond donors (Lipinski definition) is 1. The maximum Gasteiger partial charge on any atom is 0.0350 e. The Hall–Kier alpha value is -1.06. The molecule has 0 radical (unpaired) electrons. The van der Waals surface area contributed by atoms with Gasteiger partial charge in [0.2, 0.25) is 0 Å². The number of hydrogen-bond acceptors (Lipinski definition) is 3. The van der Waals surface area contributed by atoms with Crippen molar-refractivity contribution in [2.24, 2.45) is 5.92 Å². The number of nitrogens with zero attached hydrogens (tertiary/aromatic N) is 2. The van der Waals surface area contributed by atoms with Gasteiger partial charge in [0.05, 0.1) is 0 Å². The lowest BCUT2D eigenvalue weighted by atomic mass is 9.89. The molecule has 2 fully saturated rings. The minimum Gasteiger partial charge on any atom is -0.398 e. The minimum atomic E-state index is 0.813. The molecule has 4 rings (SSSR count). The second kappa shape index (κ2) is 4.50. The van der Waals surface area contributed by atoms with Crippen LogP contribution in [-0.4, -0.2) is 42.0 Å². The predicted molar refractivity (Wildman–Crippen MR) is 77.9 cm³/mol. The van der Waals surface area contributed by atoms with Gasteiger partial charge in [0, 0.05) is 31.4 Å². The Morgan fingerprint density at radius 1 is 1.11 bits per heavy atom. The van der Waals surface area contributed by atoms with Crippen molar-refractivity contribution in [1.29, 1.82) is 0 Å². The van der Waals surface area contributed by atoms with Crippen molar-refractivity contribution in [3.05, 3.63) is 29.3 Å². The Bertz CT molecular complexity index is 485. The van der Waals surface area contributed by atoms with Gasteiger partial charge in [-0.15, -0.1) is 0 Å². The summed E-state index contributed by atoms with van der Waals surface area (Å²) in [5, 5.41) is 0. The molecule has 0 saturated carbocycles. The average Bonchev–Trinajstić information content (AvgIpc) is 2.80. The van der Waals surface area contributed by atoms with Crippen molar-refractivity contribution in [3.63, 3.8) is 0 Å². The van der Waals surface area contributed by atoms with E-state index in [0.29, 0.717) is 0 Å². The molecule has 3 heteroatoms. The molecule has 1 aromatic carbocycles. The fourth-order valence-electron chi connectivity index (χ4n) is 4.35. The lowest BCUT2D eigenvalue weighted by Crippen LogP contribution is -2.48. The molecule has 3 heterocycles. The molecular weight excluding hydrogens is 234 g/mol. The number of rotatable bonds is 1. The van der Waals surface area contributed by atoms with Crippen LogP contribution in [0.1, 0.15) is 24.0 Å². The molecule has 3 aliphatic rings. The smallest absolute Gasteiger partial charge is 0.0350 e. The van der Waals surface area contributed by atoms with E-state index >= 15 is 0 Å². The molecular formula is C16H23N3. The van der Waals surface area contributed by atoms with E-state index in [0.717, 1.165) is 30.6 Å². The van der Waals surface area contributed by atoms with Crippen molar-refractivity contribution in [3.8, 4) is 0 Å². The molecule has 3 aliphatic heterocycles. The van der Waals surface area contributed by atoms with Gasteiger partial charge in [0.15, 0.2) is 0 Å². The Morgan fingerprint density at radius 3 is 2.95 bits per heavy atom. The van der Waals surface area contributed by atoms with Crippen molar-refractivity contribution >= 4 is 5.69 Å². The molecule has 0 amide bonds. The van der Waals surface area contributed by atoms with Crippen LogP contribution in [0.15, 0.2) is 18.2 Å². The zero-order valence-electron chi connectivity index (χ0n) is 11.5. The molecule has 1 aromatic rings. The van der Waals surface area contributed by atoms with Crippen molar-refractivity contribution in [2.75, 3.05) is 31.9 Å². The van der Waals surface area contributed by atoms with Gasteiger partial charge in [-0.25, -0.2) is 0 Å². The monoisotopic (exact) mass is 257 g/mol. The lowest BCUT2D eigenvalue weighted by molar-refractivity contribution is 0.0888. The van der Waals surface area contributed by atoms with E-state index in [1.165, 1.54) is 50.1 Å². The Kier molecular flexibility index (Phi) is 2.78. The summed E-state index contributed by atoms with van der Waals surface area (Å²) in [6, 6.07) is 7.23. The van der Waals surface area contributed by atoms with Gasteiger partial charge in [-0.3, -0.25) is 4.90 Å². The van der Waals surface area contributed by atoms with Crippen LogP contribution in [0.5, 0.6) is 0 Å². The van der Waals surface area contributed by atoms with E-state index in [9.17, 15) is 0 Å². The highest BCUT2D eigenvalue weighted by molar-refractivity contribution is 5.51. The molecule has 2 saturated heterocycles. The summed E-state index contributed by atoms with van der Waals surface area (Å²) < 4.78 is 0. The summed E-state index contributed by atoms with van der Waals surface area (Å²) in [5.41, 5.74) is 9.96. The van der Waals surface area contributed by atoms with Crippen LogP contribution in [0.25, 0.3) is 0 Å². The van der Waals surface area contributed by atoms with Crippen molar-refractivity contribution in [2.45, 2.75) is 31.8 Å². The summed E-state index contributed by atoms with van der Waals surface area (Å²) in [5.74, 6) is 0.913. The minimum absolute atomic E-state index is 0.813. The molecule has 19 heavy (non-hydrogen) atoms. The van der Waals surface area contributed by atoms with Crippen LogP contribution in [0, 0.1) is 5.92 Å². The molecule has 3 unspecified atom stereocenters. The van der Waals surface area contributed by atoms with Crippen molar-refractivity contribution in [1.82, 2.24) is 9.80 Å². The molecule has 0 spiro atoms. The lowest BCUT2D eigenvalue weighted by Gasteiger charge is -2.41. The van der Waals surface area contributed by atoms with E-state index in [1.54, 1.807) is 0 Å². The van der Waals surface area contributed by atoms with Gasteiger partial charge in [-0.1, -0.05) is 12.1 Å². The van der Waals surface area contributed by atoms with E-state index in [-0.39, 0.29) is 0 Å². The maximum atomic E-state index is 6.10. The first-order valence-electron chi connectivity index (χ1n) is 7.64. The number of benzene rings is 1. The Balaban J connectivity index is 1.55. The third kappa shape index (κ3) is 1.96. The van der Waals surface area contributed by atoms with Gasteiger partial charge in [-0.2, -0.15) is 0 Å². The second-order valence-electron chi connectivity index (χ2n) is 6.41. The highest BCUT2D eigenvalue weighted by Crippen LogP contribution is 2.34. The van der Waals surface area contributed by atoms with Crippen LogP contribution < -0.4 is 5.73 Å². The molecule has 2 bridgehead atoms. The topological polar surface area (TPSA) is 32.5 Å². The third-order valence-electron chi connectivity index (χ3n) is 5.39. The van der Waals surface area contributed by atoms with Gasteiger partial charge in [0.1, 0.15) is 0 Å². The predicted octanol–water partition coefficient (Wildman–Crippen LogP) is 1.72. The zero-order chi connectivity index (χ0) is 12.8. The van der Waals surface area contributed by atoms with E-state index in [1.807, 2.05) is 6.07 Å². The van der Waals surface area contributed by atoms with Crippen LogP contribution in [0.3, 0.4) is 0 Å². The third-order valence-corrected chi connectivity index (χ3v) is 5.39. The second-order valence-corrected chi connectivity index (χ2v) is 6.41. The summed E-state index contributed by atoms with van der Waals surface area (Å²) in [7, 11) is 0. The summed E-state index contributed by atoms with van der Waals surface area (Å²) in [4.78, 5) is 5.37. The van der Waals surface area contributed by atoms with Crippen LogP contribution in [0.2, 0.25) is 0 Å². The van der Waals surface area contributed by atoms with E-state index < -0.39 is 0 Å². The van der Waals surface area contributed by atoms with Gasteiger partial charge >= 0.3 is 0 Å². The van der Waals surface area contributed by atoms with Crippen LogP contribution >= 0.6 is 0 Å². The Morgan fingerprint density at radius 2 is 2.00 bits per heavy atom. The first-order chi connectivity index (χ1) is 9.31. The maximum absolute atomic E-state index is 6.10. The molecule has 2 N–H and O–H groups in total. The number of piperidine rings is 1. The van der Waals surface area contributed by atoms with Gasteiger partial charge < -0.3 is 10.6 Å². The number of nitrogens with two attached hydrogens (primary N) is 1. The number of nitrogen functional groups attached to an aromatic ring is 1. The summed E-state index contributed by atoms with van der Waals surface area (Å²) >= 11 is 0. The quantitative estimate of drug-likeness (QED) is 0.778. The average molecular weight is 257 g/mol. The number of anilines is 1. The molecule has 3 nitrogen and oxygen atoms in total. The fourth-order valence-corrected chi connectivity index (χ4v) is 4.35. The molecule has 0 aromatic heterocycles. The first kappa shape index (κ1) is 11.7. The van der Waals surface area contributed by atoms with E-state index in [2.05, 4.69) is 21.9 Å². The standard InChI is InChI=1S/C16H23N3/c17-15-3-1-2-12-11-19(9-5-14(12)15)16-6-8-18-7-4-13(16)10-18/h1-3,13,16H,4-11,17H2. The van der Waals surface area contributed by atoms with E-state index in [4.69, 9.17) is 5.73 Å². The first-order valence-corrected chi connectivity index (χ1v) is 7.64. The molecule has 102 valence electrons. The Labute approximate surface area is 115 Å². The largest absolute Gasteiger partial charge is 0.398 e. The van der Waals surface area contributed by atoms with Gasteiger partial charge in [-0.05, 0) is 55.5 Å². The highest BCUT2D eigenvalue weighted by Gasteiger charge is 2.38. The van der Waals surface area contributed by atoms with Crippen LogP contribution in [-0.2, 0) is 13.0 Å². The van der Waals surface area contributed by atoms with Crippen LogP contribution in [0.4, 0.5) is 5.69 Å². The summed E-state index contributed by atoms with van der Waals surface area (Å²) in [6.07, 6.45) is 3.90. The summed E-state index contributed by atoms with van der Waals surface area (Å²) in [6.45, 7) is 6.29. The highest BCUT2D eigenvalue weighted by atomic mass is 15.2. The SMILES string of the molecule is Nc1cccc2c1CCN(C1CCN3CCC1C3)C2. The fraction of sp³-hybridized carbons (Fsp3) is 0.625. The molecule has 0 aliphatic carbocycles.